The van der Waals surface area contributed by atoms with Gasteiger partial charge in [-0.25, -0.2) is 4.98 Å². The molecular formula is C68H73N3O. The zero-order chi connectivity index (χ0) is 55.1. The van der Waals surface area contributed by atoms with Gasteiger partial charge in [0, 0.05) is 33.9 Å². The number of pyridine rings is 1. The van der Waals surface area contributed by atoms with Gasteiger partial charge >= 0.3 is 0 Å². The summed E-state index contributed by atoms with van der Waals surface area (Å²) in [4.78, 5) is 10.7. The third kappa shape index (κ3) is 9.81. The van der Waals surface area contributed by atoms with Gasteiger partial charge in [0.1, 0.15) is 11.6 Å². The summed E-state index contributed by atoms with van der Waals surface area (Å²) in [5, 5.41) is 12.8. The number of aromatic hydroxyl groups is 1. The van der Waals surface area contributed by atoms with Crippen LogP contribution in [0.5, 0.6) is 5.75 Å². The standard InChI is InChI=1S/C68H73N3O/c1-42(2)44-24-26-45(27-25-44)48-32-33-69-59(38-48)50-35-49(36-52(37-50)66(7,8)9)54-22-19-23-60-62(54)70-64(57-39-53(67(10,11)12)40-58(63(57)72)68(13,14)15)71(60)61-34-43(3)55(46-20-17-16-18-21-46)41-56(61)47-28-30-51(31-29-47)65(4,5)6/h16-42,72H,1-15H3/i3D3,42D. The van der Waals surface area contributed by atoms with E-state index in [9.17, 15) is 5.11 Å². The molecule has 0 aliphatic rings. The molecule has 0 atom stereocenters. The summed E-state index contributed by atoms with van der Waals surface area (Å²) in [6.45, 7) is 27.5. The molecule has 0 radical (unpaired) electrons. The maximum absolute atomic E-state index is 12.8. The summed E-state index contributed by atoms with van der Waals surface area (Å²) in [5.74, 6) is -0.0757. The van der Waals surface area contributed by atoms with E-state index in [1.165, 1.54) is 5.56 Å². The van der Waals surface area contributed by atoms with Crippen molar-refractivity contribution in [3.8, 4) is 78.6 Å². The molecule has 0 fully saturated rings. The Morgan fingerprint density at radius 3 is 1.75 bits per heavy atom. The van der Waals surface area contributed by atoms with Crippen molar-refractivity contribution in [2.24, 2.45) is 0 Å². The van der Waals surface area contributed by atoms with Crippen LogP contribution in [0.1, 0.15) is 142 Å². The molecule has 9 aromatic rings. The Morgan fingerprint density at radius 2 is 1.12 bits per heavy atom. The monoisotopic (exact) mass is 952 g/mol. The van der Waals surface area contributed by atoms with E-state index in [-0.39, 0.29) is 27.6 Å². The van der Waals surface area contributed by atoms with Crippen LogP contribution in [-0.2, 0) is 21.7 Å². The van der Waals surface area contributed by atoms with E-state index < -0.39 is 18.2 Å². The van der Waals surface area contributed by atoms with Crippen molar-refractivity contribution in [3.05, 3.63) is 191 Å². The van der Waals surface area contributed by atoms with Gasteiger partial charge in [-0.15, -0.1) is 0 Å². The minimum atomic E-state index is -2.50. The number of hydrogen-bond acceptors (Lipinski definition) is 3. The van der Waals surface area contributed by atoms with Gasteiger partial charge in [-0.1, -0.05) is 200 Å². The van der Waals surface area contributed by atoms with E-state index in [2.05, 4.69) is 179 Å². The molecule has 366 valence electrons. The highest BCUT2D eigenvalue weighted by Crippen LogP contribution is 2.47. The summed E-state index contributed by atoms with van der Waals surface area (Å²) in [6.07, 6.45) is 1.86. The van der Waals surface area contributed by atoms with Crippen LogP contribution < -0.4 is 0 Å². The summed E-state index contributed by atoms with van der Waals surface area (Å²) in [6, 6.07) is 51.7. The fourth-order valence-electron chi connectivity index (χ4n) is 9.71. The number of phenolic OH excluding ortho intramolecular Hbond substituents is 1. The van der Waals surface area contributed by atoms with Gasteiger partial charge in [0.05, 0.1) is 28.0 Å². The average Bonchev–Trinajstić information content (AvgIpc) is 3.74. The summed E-state index contributed by atoms with van der Waals surface area (Å²) in [7, 11) is 0. The van der Waals surface area contributed by atoms with Crippen molar-refractivity contribution in [3.63, 3.8) is 0 Å². The molecule has 0 amide bonds. The average molecular weight is 952 g/mol. The Hall–Kier alpha value is -7.04. The number of aromatic nitrogens is 3. The molecule has 2 heterocycles. The molecule has 0 unspecified atom stereocenters. The molecule has 0 saturated carbocycles. The SMILES string of the molecule is [2H]C([2H])([2H])c1cc(-n2c(-c3cc(C(C)(C)C)cc(C(C)(C)C)c3O)nc3c(-c4cc(-c5cc(-c6ccc(C([2H])(C)C)cc6)ccn5)cc(C(C)(C)C)c4)cccc32)c(-c2ccc(C(C)(C)C)cc2)cc1-c1ccccc1. The fraction of sp³-hybridized carbons (Fsp3) is 0.294. The van der Waals surface area contributed by atoms with E-state index in [1.54, 1.807) is 0 Å². The molecule has 0 saturated heterocycles. The summed E-state index contributed by atoms with van der Waals surface area (Å²) in [5.41, 5.74) is 15.7. The van der Waals surface area contributed by atoms with Crippen molar-refractivity contribution < 1.29 is 10.6 Å². The van der Waals surface area contributed by atoms with E-state index in [1.807, 2.05) is 80.7 Å². The van der Waals surface area contributed by atoms with Gasteiger partial charge in [0.15, 0.2) is 0 Å². The first kappa shape index (κ1) is 44.9. The lowest BCUT2D eigenvalue weighted by Crippen LogP contribution is -2.17. The zero-order valence-corrected chi connectivity index (χ0v) is 44.8. The van der Waals surface area contributed by atoms with Crippen LogP contribution in [0.4, 0.5) is 0 Å². The number of phenols is 1. The number of hydrogen-bond donors (Lipinski definition) is 1. The Bertz CT molecular complexity index is 3630. The third-order valence-corrected chi connectivity index (χ3v) is 14.2. The lowest BCUT2D eigenvalue weighted by atomic mass is 9.79. The van der Waals surface area contributed by atoms with E-state index >= 15 is 0 Å². The highest BCUT2D eigenvalue weighted by molar-refractivity contribution is 5.98. The van der Waals surface area contributed by atoms with Crippen LogP contribution >= 0.6 is 0 Å². The molecular weight excluding hydrogens is 875 g/mol. The van der Waals surface area contributed by atoms with Gasteiger partial charge in [-0.3, -0.25) is 9.55 Å². The maximum atomic E-state index is 12.8. The normalized spacial score (nSPS) is 13.7. The maximum Gasteiger partial charge on any atom is 0.149 e. The van der Waals surface area contributed by atoms with Gasteiger partial charge in [-0.05, 0) is 144 Å². The van der Waals surface area contributed by atoms with Crippen LogP contribution in [0, 0.1) is 6.85 Å². The number of fused-ring (bicyclic) bond motifs is 1. The van der Waals surface area contributed by atoms with Crippen molar-refractivity contribution in [1.29, 1.82) is 0 Å². The first-order valence-electron chi connectivity index (χ1n) is 27.4. The quantitative estimate of drug-likeness (QED) is 0.165. The molecule has 0 spiro atoms. The smallest absolute Gasteiger partial charge is 0.149 e. The molecule has 72 heavy (non-hydrogen) atoms. The molecule has 2 aromatic heterocycles. The Labute approximate surface area is 435 Å². The van der Waals surface area contributed by atoms with Gasteiger partial charge in [-0.2, -0.15) is 0 Å². The largest absolute Gasteiger partial charge is 0.507 e. The van der Waals surface area contributed by atoms with Crippen molar-refractivity contribution in [2.75, 3.05) is 0 Å². The van der Waals surface area contributed by atoms with Crippen LogP contribution in [0.3, 0.4) is 0 Å². The summed E-state index contributed by atoms with van der Waals surface area (Å²) >= 11 is 0. The number of rotatable bonds is 8. The van der Waals surface area contributed by atoms with E-state index in [0.717, 1.165) is 78.0 Å². The molecule has 4 heteroatoms. The molecule has 4 nitrogen and oxygen atoms in total. The topological polar surface area (TPSA) is 50.9 Å². The third-order valence-electron chi connectivity index (χ3n) is 14.2. The Morgan fingerprint density at radius 1 is 0.500 bits per heavy atom. The molecule has 9 rings (SSSR count). The van der Waals surface area contributed by atoms with E-state index in [0.29, 0.717) is 28.2 Å². The number of benzene rings is 7. The van der Waals surface area contributed by atoms with Gasteiger partial charge in [0.25, 0.3) is 0 Å². The highest BCUT2D eigenvalue weighted by atomic mass is 16.3. The van der Waals surface area contributed by atoms with Gasteiger partial charge < -0.3 is 5.11 Å². The number of imidazole rings is 1. The van der Waals surface area contributed by atoms with Crippen molar-refractivity contribution in [1.82, 2.24) is 14.5 Å². The van der Waals surface area contributed by atoms with Crippen LogP contribution in [0.2, 0.25) is 0 Å². The lowest BCUT2D eigenvalue weighted by molar-refractivity contribution is 0.446. The van der Waals surface area contributed by atoms with E-state index in [4.69, 9.17) is 15.5 Å². The number of nitrogens with zero attached hydrogens (tertiary/aromatic N) is 3. The lowest BCUT2D eigenvalue weighted by Gasteiger charge is -2.28. The number of aryl methyl sites for hydroxylation is 1. The van der Waals surface area contributed by atoms with Crippen LogP contribution in [0.25, 0.3) is 83.9 Å². The van der Waals surface area contributed by atoms with Crippen LogP contribution in [0.15, 0.2) is 158 Å². The number of para-hydroxylation sites is 1. The van der Waals surface area contributed by atoms with Crippen LogP contribution in [-0.4, -0.2) is 19.6 Å². The van der Waals surface area contributed by atoms with Crippen molar-refractivity contribution in [2.45, 2.75) is 131 Å². The minimum Gasteiger partial charge on any atom is -0.507 e. The predicted octanol–water partition coefficient (Wildman–Crippen LogP) is 18.7. The second-order valence-electron chi connectivity index (χ2n) is 24.0. The second kappa shape index (κ2) is 18.5. The highest BCUT2D eigenvalue weighted by Gasteiger charge is 2.30. The molecule has 7 aromatic carbocycles. The molecule has 1 N–H and O–H groups in total. The predicted molar refractivity (Wildman–Crippen MR) is 307 cm³/mol. The molecule has 0 aliphatic heterocycles. The second-order valence-corrected chi connectivity index (χ2v) is 24.0. The first-order chi connectivity index (χ1) is 35.4. The zero-order valence-electron chi connectivity index (χ0n) is 48.8. The summed E-state index contributed by atoms with van der Waals surface area (Å²) < 4.78 is 38.0. The van der Waals surface area contributed by atoms with Crippen molar-refractivity contribution >= 4 is 11.0 Å². The first-order valence-corrected chi connectivity index (χ1v) is 25.4. The Kier molecular flexibility index (Phi) is 11.5. The Balaban J connectivity index is 1.39. The fourth-order valence-corrected chi connectivity index (χ4v) is 9.71. The molecule has 0 bridgehead atoms. The minimum absolute atomic E-state index is 0.0954. The van der Waals surface area contributed by atoms with Gasteiger partial charge in [0.2, 0.25) is 0 Å². The molecule has 0 aliphatic carbocycles.